The third-order valence-electron chi connectivity index (χ3n) is 4.23. The fourth-order valence-corrected chi connectivity index (χ4v) is 3.34. The van der Waals surface area contributed by atoms with E-state index in [2.05, 4.69) is 47.8 Å². The van der Waals surface area contributed by atoms with Gasteiger partial charge in [-0.05, 0) is 48.9 Å². The zero-order valence-corrected chi connectivity index (χ0v) is 12.3. The van der Waals surface area contributed by atoms with Crippen LogP contribution in [0.1, 0.15) is 17.5 Å². The maximum atomic E-state index is 6.28. The van der Waals surface area contributed by atoms with Crippen LogP contribution in [0.5, 0.6) is 0 Å². The van der Waals surface area contributed by atoms with Gasteiger partial charge in [-0.15, -0.1) is 0 Å². The lowest BCUT2D eigenvalue weighted by molar-refractivity contribution is 0.442. The molecule has 2 aromatic rings. The van der Waals surface area contributed by atoms with Crippen LogP contribution < -0.4 is 5.32 Å². The van der Waals surface area contributed by atoms with Crippen LogP contribution in [0.2, 0.25) is 5.02 Å². The smallest absolute Gasteiger partial charge is 0.0438 e. The predicted octanol–water partition coefficient (Wildman–Crippen LogP) is 4.10. The summed E-state index contributed by atoms with van der Waals surface area (Å²) in [7, 11) is 0. The van der Waals surface area contributed by atoms with Gasteiger partial charge in [0.25, 0.3) is 0 Å². The van der Waals surface area contributed by atoms with Crippen molar-refractivity contribution in [1.29, 1.82) is 0 Å². The Balaban J connectivity index is 1.68. The minimum absolute atomic E-state index is 0.537. The molecule has 1 N–H and O–H groups in total. The molecule has 1 aliphatic heterocycles. The van der Waals surface area contributed by atoms with Crippen LogP contribution in [0.25, 0.3) is 0 Å². The molecule has 2 atom stereocenters. The first-order chi connectivity index (χ1) is 9.83. The molecule has 3 rings (SSSR count). The quantitative estimate of drug-likeness (QED) is 0.892. The molecule has 104 valence electrons. The first-order valence-corrected chi connectivity index (χ1v) is 7.71. The second-order valence-electron chi connectivity index (χ2n) is 5.59. The SMILES string of the molecule is Clc1ccccc1CC1NCCC1Cc1ccccc1. The first kappa shape index (κ1) is 13.7. The molecule has 2 heteroatoms. The van der Waals surface area contributed by atoms with E-state index in [1.54, 1.807) is 0 Å². The topological polar surface area (TPSA) is 12.0 Å². The van der Waals surface area contributed by atoms with Crippen molar-refractivity contribution in [1.82, 2.24) is 5.32 Å². The molecular formula is C18H20ClN. The van der Waals surface area contributed by atoms with Crippen LogP contribution in [-0.2, 0) is 12.8 Å². The normalized spacial score (nSPS) is 22.1. The highest BCUT2D eigenvalue weighted by Gasteiger charge is 2.27. The van der Waals surface area contributed by atoms with Crippen LogP contribution in [0.3, 0.4) is 0 Å². The largest absolute Gasteiger partial charge is 0.313 e. The Bertz CT molecular complexity index is 552. The number of nitrogens with one attached hydrogen (secondary N) is 1. The van der Waals surface area contributed by atoms with Crippen LogP contribution in [-0.4, -0.2) is 12.6 Å². The third-order valence-corrected chi connectivity index (χ3v) is 4.60. The first-order valence-electron chi connectivity index (χ1n) is 7.33. The Labute approximate surface area is 126 Å². The van der Waals surface area contributed by atoms with E-state index in [0.29, 0.717) is 12.0 Å². The van der Waals surface area contributed by atoms with Crippen LogP contribution in [0.15, 0.2) is 54.6 Å². The van der Waals surface area contributed by atoms with Gasteiger partial charge in [-0.2, -0.15) is 0 Å². The van der Waals surface area contributed by atoms with Gasteiger partial charge in [0.15, 0.2) is 0 Å². The van der Waals surface area contributed by atoms with Crippen LogP contribution >= 0.6 is 11.6 Å². The number of rotatable bonds is 4. The average molecular weight is 286 g/mol. The molecule has 2 unspecified atom stereocenters. The summed E-state index contributed by atoms with van der Waals surface area (Å²) in [6.45, 7) is 1.12. The van der Waals surface area contributed by atoms with Gasteiger partial charge < -0.3 is 5.32 Å². The summed E-state index contributed by atoms with van der Waals surface area (Å²) in [5, 5.41) is 4.53. The van der Waals surface area contributed by atoms with E-state index in [1.807, 2.05) is 12.1 Å². The molecule has 1 saturated heterocycles. The standard InChI is InChI=1S/C18H20ClN/c19-17-9-5-4-8-15(17)13-18-16(10-11-20-18)12-14-6-2-1-3-7-14/h1-9,16,18,20H,10-13H2. The maximum absolute atomic E-state index is 6.28. The molecule has 2 aromatic carbocycles. The van der Waals surface area contributed by atoms with Crippen LogP contribution in [0, 0.1) is 5.92 Å². The summed E-state index contributed by atoms with van der Waals surface area (Å²) in [5.74, 6) is 0.702. The van der Waals surface area contributed by atoms with Gasteiger partial charge in [0.2, 0.25) is 0 Å². The molecule has 0 radical (unpaired) electrons. The number of benzene rings is 2. The Morgan fingerprint density at radius 2 is 1.70 bits per heavy atom. The molecule has 1 aliphatic rings. The van der Waals surface area contributed by atoms with Gasteiger partial charge in [-0.25, -0.2) is 0 Å². The molecule has 0 saturated carbocycles. The molecule has 1 fully saturated rings. The molecule has 0 bridgehead atoms. The minimum Gasteiger partial charge on any atom is -0.313 e. The second-order valence-corrected chi connectivity index (χ2v) is 6.00. The van der Waals surface area contributed by atoms with Gasteiger partial charge in [0.05, 0.1) is 0 Å². The summed E-state index contributed by atoms with van der Waals surface area (Å²) >= 11 is 6.28. The highest BCUT2D eigenvalue weighted by atomic mass is 35.5. The van der Waals surface area contributed by atoms with E-state index >= 15 is 0 Å². The third kappa shape index (κ3) is 3.23. The number of hydrogen-bond acceptors (Lipinski definition) is 1. The Morgan fingerprint density at radius 3 is 2.50 bits per heavy atom. The number of hydrogen-bond donors (Lipinski definition) is 1. The van der Waals surface area contributed by atoms with E-state index in [9.17, 15) is 0 Å². The predicted molar refractivity (Wildman–Crippen MR) is 85.2 cm³/mol. The van der Waals surface area contributed by atoms with E-state index in [4.69, 9.17) is 11.6 Å². The molecule has 0 aliphatic carbocycles. The van der Waals surface area contributed by atoms with Gasteiger partial charge in [-0.3, -0.25) is 0 Å². The zero-order chi connectivity index (χ0) is 13.8. The van der Waals surface area contributed by atoms with Gasteiger partial charge >= 0.3 is 0 Å². The Hall–Kier alpha value is -1.31. The van der Waals surface area contributed by atoms with Crippen molar-refractivity contribution >= 4 is 11.6 Å². The Morgan fingerprint density at radius 1 is 0.950 bits per heavy atom. The lowest BCUT2D eigenvalue weighted by Gasteiger charge is -2.20. The lowest BCUT2D eigenvalue weighted by Crippen LogP contribution is -2.30. The number of halogens is 1. The maximum Gasteiger partial charge on any atom is 0.0438 e. The molecule has 20 heavy (non-hydrogen) atoms. The summed E-state index contributed by atoms with van der Waals surface area (Å²) in [5.41, 5.74) is 2.69. The highest BCUT2D eigenvalue weighted by Crippen LogP contribution is 2.26. The fraction of sp³-hybridized carbons (Fsp3) is 0.333. The summed E-state index contributed by atoms with van der Waals surface area (Å²) in [6, 6.07) is 19.5. The van der Waals surface area contributed by atoms with E-state index in [1.165, 1.54) is 17.5 Å². The Kier molecular flexibility index (Phi) is 4.39. The van der Waals surface area contributed by atoms with Crippen molar-refractivity contribution in [3.8, 4) is 0 Å². The highest BCUT2D eigenvalue weighted by molar-refractivity contribution is 6.31. The molecular weight excluding hydrogens is 266 g/mol. The van der Waals surface area contributed by atoms with E-state index < -0.39 is 0 Å². The molecule has 0 aromatic heterocycles. The van der Waals surface area contributed by atoms with Crippen molar-refractivity contribution in [2.45, 2.75) is 25.3 Å². The molecule has 0 spiro atoms. The monoisotopic (exact) mass is 285 g/mol. The van der Waals surface area contributed by atoms with Crippen molar-refractivity contribution < 1.29 is 0 Å². The van der Waals surface area contributed by atoms with Gasteiger partial charge in [0, 0.05) is 11.1 Å². The van der Waals surface area contributed by atoms with Crippen molar-refractivity contribution in [3.63, 3.8) is 0 Å². The molecule has 0 amide bonds. The summed E-state index contributed by atoms with van der Waals surface area (Å²) < 4.78 is 0. The lowest BCUT2D eigenvalue weighted by atomic mass is 9.89. The van der Waals surface area contributed by atoms with Crippen LogP contribution in [0.4, 0.5) is 0 Å². The van der Waals surface area contributed by atoms with E-state index in [-0.39, 0.29) is 0 Å². The zero-order valence-electron chi connectivity index (χ0n) is 11.6. The van der Waals surface area contributed by atoms with E-state index in [0.717, 1.165) is 24.4 Å². The van der Waals surface area contributed by atoms with Gasteiger partial charge in [0.1, 0.15) is 0 Å². The molecule has 1 heterocycles. The fourth-order valence-electron chi connectivity index (χ4n) is 3.12. The summed E-state index contributed by atoms with van der Waals surface area (Å²) in [4.78, 5) is 0. The van der Waals surface area contributed by atoms with Gasteiger partial charge in [-0.1, -0.05) is 60.1 Å². The average Bonchev–Trinajstić information content (AvgIpc) is 2.90. The second kappa shape index (κ2) is 6.43. The van der Waals surface area contributed by atoms with Crippen molar-refractivity contribution in [2.24, 2.45) is 5.92 Å². The molecule has 1 nitrogen and oxygen atoms in total. The minimum atomic E-state index is 0.537. The van der Waals surface area contributed by atoms with Crippen molar-refractivity contribution in [2.75, 3.05) is 6.54 Å². The van der Waals surface area contributed by atoms with Crippen molar-refractivity contribution in [3.05, 3.63) is 70.7 Å². The summed E-state index contributed by atoms with van der Waals surface area (Å²) in [6.07, 6.45) is 3.43.